The molecular weight excluding hydrogens is 296 g/mol. The summed E-state index contributed by atoms with van der Waals surface area (Å²) in [5.74, 6) is -0.300. The van der Waals surface area contributed by atoms with Crippen molar-refractivity contribution < 1.29 is 13.2 Å². The van der Waals surface area contributed by atoms with Crippen molar-refractivity contribution in [3.05, 3.63) is 16.5 Å². The van der Waals surface area contributed by atoms with Gasteiger partial charge in [0.25, 0.3) is 10.0 Å². The summed E-state index contributed by atoms with van der Waals surface area (Å²) in [7, 11) is -3.70. The van der Waals surface area contributed by atoms with Crippen LogP contribution in [0.3, 0.4) is 0 Å². The van der Waals surface area contributed by atoms with Crippen molar-refractivity contribution in [2.24, 2.45) is 5.41 Å². The van der Waals surface area contributed by atoms with Gasteiger partial charge in [-0.05, 0) is 12.1 Å². The van der Waals surface area contributed by atoms with E-state index < -0.39 is 21.5 Å². The van der Waals surface area contributed by atoms with Crippen LogP contribution in [0.15, 0.2) is 16.3 Å². The molecule has 0 aliphatic carbocycles. The number of halogens is 1. The average molecular weight is 309 g/mol. The molecule has 8 heteroatoms. The topological polar surface area (TPSA) is 75.3 Å². The zero-order valence-electron chi connectivity index (χ0n) is 9.86. The standard InChI is InChI=1S/C10H13ClN2O3S2/c1-10(2)5-12-9(14)8(10)13-18(15,16)7-4-3-6(11)17-7/h3-4,8,13H,5H2,1-2H3,(H,12,14)/t8-/m1/s1. The minimum atomic E-state index is -3.70. The Balaban J connectivity index is 2.26. The van der Waals surface area contributed by atoms with Crippen molar-refractivity contribution >= 4 is 38.9 Å². The van der Waals surface area contributed by atoms with Gasteiger partial charge in [0, 0.05) is 12.0 Å². The van der Waals surface area contributed by atoms with Crippen LogP contribution in [0.1, 0.15) is 13.8 Å². The lowest BCUT2D eigenvalue weighted by Gasteiger charge is -2.23. The van der Waals surface area contributed by atoms with E-state index in [0.717, 1.165) is 11.3 Å². The molecule has 1 aliphatic heterocycles. The molecule has 2 N–H and O–H groups in total. The number of sulfonamides is 1. The number of hydrogen-bond donors (Lipinski definition) is 2. The quantitative estimate of drug-likeness (QED) is 0.881. The summed E-state index contributed by atoms with van der Waals surface area (Å²) in [6, 6.07) is 2.18. The Hall–Kier alpha value is -0.630. The smallest absolute Gasteiger partial charge is 0.250 e. The number of nitrogens with one attached hydrogen (secondary N) is 2. The molecule has 0 bridgehead atoms. The lowest BCUT2D eigenvalue weighted by Crippen LogP contribution is -2.46. The lowest BCUT2D eigenvalue weighted by atomic mass is 9.88. The summed E-state index contributed by atoms with van der Waals surface area (Å²) in [6.07, 6.45) is 0. The van der Waals surface area contributed by atoms with E-state index in [0.29, 0.717) is 10.9 Å². The molecule has 1 atom stereocenters. The maximum absolute atomic E-state index is 12.1. The molecule has 1 aliphatic rings. The van der Waals surface area contributed by atoms with Gasteiger partial charge in [-0.2, -0.15) is 4.72 Å². The van der Waals surface area contributed by atoms with Gasteiger partial charge in [0.05, 0.1) is 4.34 Å². The highest BCUT2D eigenvalue weighted by Crippen LogP contribution is 2.29. The van der Waals surface area contributed by atoms with Crippen molar-refractivity contribution in [1.29, 1.82) is 0 Å². The second kappa shape index (κ2) is 4.48. The van der Waals surface area contributed by atoms with Crippen LogP contribution in [-0.2, 0) is 14.8 Å². The Bertz CT molecular complexity index is 580. The van der Waals surface area contributed by atoms with Crippen molar-refractivity contribution in [2.45, 2.75) is 24.1 Å². The van der Waals surface area contributed by atoms with Crippen LogP contribution in [0.5, 0.6) is 0 Å². The Kier molecular flexibility index (Phi) is 3.44. The number of amides is 1. The Morgan fingerprint density at radius 1 is 1.50 bits per heavy atom. The first-order chi connectivity index (χ1) is 8.22. The highest BCUT2D eigenvalue weighted by atomic mass is 35.5. The molecule has 18 heavy (non-hydrogen) atoms. The zero-order chi connectivity index (χ0) is 13.6. The van der Waals surface area contributed by atoms with Crippen molar-refractivity contribution in [3.63, 3.8) is 0 Å². The van der Waals surface area contributed by atoms with Crippen LogP contribution in [0.4, 0.5) is 0 Å². The Morgan fingerprint density at radius 2 is 2.17 bits per heavy atom. The Labute approximate surface area is 115 Å². The van der Waals surface area contributed by atoms with Gasteiger partial charge in [-0.25, -0.2) is 8.42 Å². The molecular formula is C10H13ClN2O3S2. The molecule has 0 spiro atoms. The maximum atomic E-state index is 12.1. The third-order valence-electron chi connectivity index (χ3n) is 2.85. The van der Waals surface area contributed by atoms with Gasteiger partial charge >= 0.3 is 0 Å². The van der Waals surface area contributed by atoms with E-state index in [4.69, 9.17) is 11.6 Å². The van der Waals surface area contributed by atoms with Crippen LogP contribution in [0, 0.1) is 5.41 Å². The minimum absolute atomic E-state index is 0.114. The highest BCUT2D eigenvalue weighted by Gasteiger charge is 2.43. The predicted octanol–water partition coefficient (Wildman–Crippen LogP) is 1.20. The van der Waals surface area contributed by atoms with Crippen LogP contribution in [-0.4, -0.2) is 26.9 Å². The molecule has 0 radical (unpaired) electrons. The van der Waals surface area contributed by atoms with E-state index in [2.05, 4.69) is 10.0 Å². The first-order valence-corrected chi connectivity index (χ1v) is 7.95. The fourth-order valence-electron chi connectivity index (χ4n) is 1.74. The number of thiophene rings is 1. The molecule has 2 heterocycles. The first-order valence-electron chi connectivity index (χ1n) is 5.28. The van der Waals surface area contributed by atoms with Gasteiger partial charge < -0.3 is 5.32 Å². The van der Waals surface area contributed by atoms with Gasteiger partial charge in [0.15, 0.2) is 0 Å². The van der Waals surface area contributed by atoms with Gasteiger partial charge in [0.1, 0.15) is 10.3 Å². The van der Waals surface area contributed by atoms with Gasteiger partial charge in [-0.1, -0.05) is 25.4 Å². The Morgan fingerprint density at radius 3 is 2.61 bits per heavy atom. The third-order valence-corrected chi connectivity index (χ3v) is 5.99. The average Bonchev–Trinajstić information content (AvgIpc) is 2.78. The SMILES string of the molecule is CC1(C)CNC(=O)[C@H]1NS(=O)(=O)c1ccc(Cl)s1. The fraction of sp³-hybridized carbons (Fsp3) is 0.500. The first kappa shape index (κ1) is 13.8. The normalized spacial score (nSPS) is 23.1. The maximum Gasteiger partial charge on any atom is 0.250 e. The summed E-state index contributed by atoms with van der Waals surface area (Å²) >= 11 is 6.68. The number of rotatable bonds is 3. The number of carbonyl (C=O) groups excluding carboxylic acids is 1. The molecule has 0 unspecified atom stereocenters. The van der Waals surface area contributed by atoms with Crippen molar-refractivity contribution in [3.8, 4) is 0 Å². The second-order valence-corrected chi connectivity index (χ2v) is 8.48. The minimum Gasteiger partial charge on any atom is -0.354 e. The third kappa shape index (κ3) is 2.54. The van der Waals surface area contributed by atoms with Gasteiger partial charge in [-0.15, -0.1) is 11.3 Å². The highest BCUT2D eigenvalue weighted by molar-refractivity contribution is 7.91. The van der Waals surface area contributed by atoms with E-state index in [1.54, 1.807) is 0 Å². The summed E-state index contributed by atoms with van der Waals surface area (Å²) in [5.41, 5.74) is -0.453. The van der Waals surface area contributed by atoms with Crippen molar-refractivity contribution in [2.75, 3.05) is 6.54 Å². The van der Waals surface area contributed by atoms with Crippen LogP contribution in [0.2, 0.25) is 4.34 Å². The fourth-order valence-corrected chi connectivity index (χ4v) is 4.61. The molecule has 0 aromatic carbocycles. The summed E-state index contributed by atoms with van der Waals surface area (Å²) in [5, 5.41) is 2.65. The van der Waals surface area contributed by atoms with Gasteiger partial charge in [0.2, 0.25) is 5.91 Å². The lowest BCUT2D eigenvalue weighted by molar-refractivity contribution is -0.121. The van der Waals surface area contributed by atoms with Crippen molar-refractivity contribution in [1.82, 2.24) is 10.0 Å². The second-order valence-electron chi connectivity index (χ2n) is 4.82. The molecule has 100 valence electrons. The molecule has 1 aromatic rings. The predicted molar refractivity (Wildman–Crippen MR) is 70.2 cm³/mol. The molecule has 1 aromatic heterocycles. The number of carbonyl (C=O) groups is 1. The molecule has 2 rings (SSSR count). The summed E-state index contributed by atoms with van der Waals surface area (Å²) in [4.78, 5) is 11.6. The summed E-state index contributed by atoms with van der Waals surface area (Å²) in [6.45, 7) is 4.11. The van der Waals surface area contributed by atoms with E-state index in [1.807, 2.05) is 13.8 Å². The van der Waals surface area contributed by atoms with E-state index in [1.165, 1.54) is 12.1 Å². The molecule has 5 nitrogen and oxygen atoms in total. The molecule has 0 saturated carbocycles. The monoisotopic (exact) mass is 308 g/mol. The van der Waals surface area contributed by atoms with Crippen LogP contribution >= 0.6 is 22.9 Å². The van der Waals surface area contributed by atoms with E-state index >= 15 is 0 Å². The number of hydrogen-bond acceptors (Lipinski definition) is 4. The van der Waals surface area contributed by atoms with E-state index in [-0.39, 0.29) is 10.1 Å². The van der Waals surface area contributed by atoms with Crippen LogP contribution < -0.4 is 10.0 Å². The van der Waals surface area contributed by atoms with E-state index in [9.17, 15) is 13.2 Å². The van der Waals surface area contributed by atoms with Crippen LogP contribution in [0.25, 0.3) is 0 Å². The molecule has 1 amide bonds. The largest absolute Gasteiger partial charge is 0.354 e. The summed E-state index contributed by atoms with van der Waals surface area (Å²) < 4.78 is 27.1. The van der Waals surface area contributed by atoms with Gasteiger partial charge in [-0.3, -0.25) is 4.79 Å². The zero-order valence-corrected chi connectivity index (χ0v) is 12.2. The molecule has 1 fully saturated rings. The molecule has 1 saturated heterocycles.